The predicted octanol–water partition coefficient (Wildman–Crippen LogP) is 4.81. The summed E-state index contributed by atoms with van der Waals surface area (Å²) in [6.07, 6.45) is 2.81. The summed E-state index contributed by atoms with van der Waals surface area (Å²) in [5, 5.41) is 5.37. The molecular weight excluding hydrogens is 372 g/mol. The molecule has 28 heavy (non-hydrogen) atoms. The predicted molar refractivity (Wildman–Crippen MR) is 111 cm³/mol. The van der Waals surface area contributed by atoms with Crippen LogP contribution in [0.1, 0.15) is 29.5 Å². The van der Waals surface area contributed by atoms with E-state index in [1.54, 1.807) is 4.40 Å². The summed E-state index contributed by atoms with van der Waals surface area (Å²) in [7, 11) is 0. The standard InChI is InChI=1S/C21H20N4O2S/c1-3-12-27-16-9-7-15(8-10-16)17-13-28-21(23-17)24-20(26)19-14(2)22-18-6-4-5-11-25(18)19/h4-11,13H,3,12H2,1-2H3,(H,23,24,26). The van der Waals surface area contributed by atoms with Crippen LogP contribution in [0.25, 0.3) is 16.9 Å². The summed E-state index contributed by atoms with van der Waals surface area (Å²) < 4.78 is 7.39. The minimum absolute atomic E-state index is 0.222. The van der Waals surface area contributed by atoms with E-state index in [0.29, 0.717) is 23.1 Å². The van der Waals surface area contributed by atoms with Crippen LogP contribution in [0.5, 0.6) is 5.75 Å². The Hall–Kier alpha value is -3.19. The highest BCUT2D eigenvalue weighted by Crippen LogP contribution is 2.27. The molecule has 1 aromatic carbocycles. The summed E-state index contributed by atoms with van der Waals surface area (Å²) in [5.41, 5.74) is 3.74. The Morgan fingerprint density at radius 2 is 2.00 bits per heavy atom. The minimum atomic E-state index is -0.222. The first-order valence-electron chi connectivity index (χ1n) is 9.09. The second-order valence-corrected chi connectivity index (χ2v) is 7.20. The number of aryl methyl sites for hydroxylation is 1. The molecule has 0 bridgehead atoms. The average molecular weight is 392 g/mol. The Balaban J connectivity index is 1.51. The molecule has 0 saturated carbocycles. The van der Waals surface area contributed by atoms with Gasteiger partial charge in [-0.25, -0.2) is 9.97 Å². The van der Waals surface area contributed by atoms with Gasteiger partial charge in [-0.1, -0.05) is 13.0 Å². The minimum Gasteiger partial charge on any atom is -0.494 e. The fourth-order valence-corrected chi connectivity index (χ4v) is 3.66. The Kier molecular flexibility index (Phi) is 5.08. The van der Waals surface area contributed by atoms with E-state index in [2.05, 4.69) is 22.2 Å². The molecule has 4 rings (SSSR count). The number of pyridine rings is 1. The van der Waals surface area contributed by atoms with Crippen molar-refractivity contribution < 1.29 is 9.53 Å². The summed E-state index contributed by atoms with van der Waals surface area (Å²) >= 11 is 1.40. The summed E-state index contributed by atoms with van der Waals surface area (Å²) in [5.74, 6) is 0.623. The summed E-state index contributed by atoms with van der Waals surface area (Å²) in [6.45, 7) is 4.61. The molecule has 0 spiro atoms. The van der Waals surface area contributed by atoms with Crippen molar-refractivity contribution in [3.05, 3.63) is 65.4 Å². The van der Waals surface area contributed by atoms with Gasteiger partial charge in [-0.3, -0.25) is 14.5 Å². The van der Waals surface area contributed by atoms with Gasteiger partial charge in [0.15, 0.2) is 5.13 Å². The van der Waals surface area contributed by atoms with E-state index in [1.807, 2.05) is 61.0 Å². The largest absolute Gasteiger partial charge is 0.494 e. The number of anilines is 1. The highest BCUT2D eigenvalue weighted by molar-refractivity contribution is 7.14. The number of aromatic nitrogens is 3. The van der Waals surface area contributed by atoms with Crippen LogP contribution >= 0.6 is 11.3 Å². The lowest BCUT2D eigenvalue weighted by Gasteiger charge is -2.05. The highest BCUT2D eigenvalue weighted by Gasteiger charge is 2.17. The zero-order valence-corrected chi connectivity index (χ0v) is 16.5. The number of thiazole rings is 1. The number of ether oxygens (including phenoxy) is 1. The topological polar surface area (TPSA) is 68.5 Å². The van der Waals surface area contributed by atoms with Crippen molar-refractivity contribution in [1.82, 2.24) is 14.4 Å². The normalized spacial score (nSPS) is 10.9. The van der Waals surface area contributed by atoms with Gasteiger partial charge in [0.05, 0.1) is 18.0 Å². The third-order valence-corrected chi connectivity index (χ3v) is 5.02. The van der Waals surface area contributed by atoms with Gasteiger partial charge >= 0.3 is 0 Å². The van der Waals surface area contributed by atoms with Crippen LogP contribution in [0, 0.1) is 6.92 Å². The van der Waals surface area contributed by atoms with Gasteiger partial charge in [-0.15, -0.1) is 11.3 Å². The second-order valence-electron chi connectivity index (χ2n) is 6.34. The van der Waals surface area contributed by atoms with Gasteiger partial charge in [-0.2, -0.15) is 0 Å². The molecule has 4 aromatic rings. The van der Waals surface area contributed by atoms with Crippen LogP contribution in [-0.4, -0.2) is 26.9 Å². The Labute approximate surface area is 166 Å². The first-order valence-corrected chi connectivity index (χ1v) is 9.97. The number of amides is 1. The number of carbonyl (C=O) groups excluding carboxylic acids is 1. The third kappa shape index (κ3) is 3.61. The van der Waals surface area contributed by atoms with Crippen LogP contribution in [0.15, 0.2) is 54.0 Å². The number of benzene rings is 1. The molecule has 3 heterocycles. The molecule has 1 amide bonds. The number of nitrogens with zero attached hydrogens (tertiary/aromatic N) is 3. The Bertz CT molecular complexity index is 1120. The molecule has 1 N–H and O–H groups in total. The van der Waals surface area contributed by atoms with Gasteiger partial charge in [0, 0.05) is 17.1 Å². The maximum atomic E-state index is 12.8. The molecule has 0 atom stereocenters. The number of nitrogens with one attached hydrogen (secondary N) is 1. The van der Waals surface area contributed by atoms with E-state index in [4.69, 9.17) is 4.74 Å². The van der Waals surface area contributed by atoms with Gasteiger partial charge in [-0.05, 0) is 49.7 Å². The SMILES string of the molecule is CCCOc1ccc(-c2csc(NC(=O)c3c(C)nc4ccccn34)n2)cc1. The van der Waals surface area contributed by atoms with E-state index >= 15 is 0 Å². The maximum Gasteiger partial charge on any atom is 0.276 e. The number of hydrogen-bond donors (Lipinski definition) is 1. The van der Waals surface area contributed by atoms with Crippen LogP contribution < -0.4 is 10.1 Å². The van der Waals surface area contributed by atoms with Crippen LogP contribution in [0.4, 0.5) is 5.13 Å². The van der Waals surface area contributed by atoms with Gasteiger partial charge in [0.1, 0.15) is 17.1 Å². The molecule has 0 saturated heterocycles. The van der Waals surface area contributed by atoms with Crippen LogP contribution in [0.3, 0.4) is 0 Å². The van der Waals surface area contributed by atoms with Crippen molar-refractivity contribution >= 4 is 28.0 Å². The molecule has 0 radical (unpaired) electrons. The van der Waals surface area contributed by atoms with E-state index in [1.165, 1.54) is 11.3 Å². The summed E-state index contributed by atoms with van der Waals surface area (Å²) in [6, 6.07) is 13.5. The third-order valence-electron chi connectivity index (χ3n) is 4.27. The lowest BCUT2D eigenvalue weighted by molar-refractivity contribution is 0.102. The number of hydrogen-bond acceptors (Lipinski definition) is 5. The van der Waals surface area contributed by atoms with E-state index in [0.717, 1.165) is 29.1 Å². The molecule has 0 unspecified atom stereocenters. The first kappa shape index (κ1) is 18.2. The van der Waals surface area contributed by atoms with Crippen molar-refractivity contribution in [2.75, 3.05) is 11.9 Å². The van der Waals surface area contributed by atoms with Gasteiger partial charge < -0.3 is 4.74 Å². The van der Waals surface area contributed by atoms with Crippen molar-refractivity contribution in [3.8, 4) is 17.0 Å². The quantitative estimate of drug-likeness (QED) is 0.511. The Morgan fingerprint density at radius 1 is 1.18 bits per heavy atom. The van der Waals surface area contributed by atoms with Crippen molar-refractivity contribution in [1.29, 1.82) is 0 Å². The van der Waals surface area contributed by atoms with Crippen molar-refractivity contribution in [2.24, 2.45) is 0 Å². The lowest BCUT2D eigenvalue weighted by Crippen LogP contribution is -2.15. The number of imidazole rings is 1. The summed E-state index contributed by atoms with van der Waals surface area (Å²) in [4.78, 5) is 21.8. The molecule has 142 valence electrons. The smallest absolute Gasteiger partial charge is 0.276 e. The molecule has 7 heteroatoms. The monoisotopic (exact) mass is 392 g/mol. The van der Waals surface area contributed by atoms with Crippen molar-refractivity contribution in [3.63, 3.8) is 0 Å². The van der Waals surface area contributed by atoms with E-state index in [9.17, 15) is 4.79 Å². The van der Waals surface area contributed by atoms with Crippen LogP contribution in [0.2, 0.25) is 0 Å². The molecular formula is C21H20N4O2S. The fourth-order valence-electron chi connectivity index (χ4n) is 2.95. The molecule has 6 nitrogen and oxygen atoms in total. The number of carbonyl (C=O) groups is 1. The van der Waals surface area contributed by atoms with Crippen molar-refractivity contribution in [2.45, 2.75) is 20.3 Å². The zero-order chi connectivity index (χ0) is 19.5. The number of fused-ring (bicyclic) bond motifs is 1. The average Bonchev–Trinajstić information content (AvgIpc) is 3.30. The maximum absolute atomic E-state index is 12.8. The first-order chi connectivity index (χ1) is 13.7. The van der Waals surface area contributed by atoms with E-state index < -0.39 is 0 Å². The van der Waals surface area contributed by atoms with Gasteiger partial charge in [0.2, 0.25) is 0 Å². The lowest BCUT2D eigenvalue weighted by atomic mass is 10.2. The highest BCUT2D eigenvalue weighted by atomic mass is 32.1. The second kappa shape index (κ2) is 7.82. The Morgan fingerprint density at radius 3 is 2.79 bits per heavy atom. The molecule has 0 aliphatic rings. The van der Waals surface area contributed by atoms with Crippen LogP contribution in [-0.2, 0) is 0 Å². The molecule has 0 aliphatic carbocycles. The molecule has 0 aliphatic heterocycles. The zero-order valence-electron chi connectivity index (χ0n) is 15.7. The van der Waals surface area contributed by atoms with E-state index in [-0.39, 0.29) is 5.91 Å². The molecule has 0 fully saturated rings. The van der Waals surface area contributed by atoms with Gasteiger partial charge in [0.25, 0.3) is 5.91 Å². The fraction of sp³-hybridized carbons (Fsp3) is 0.190. The number of rotatable bonds is 6. The molecule has 3 aromatic heterocycles.